The Morgan fingerprint density at radius 2 is 2.15 bits per heavy atom. The van der Waals surface area contributed by atoms with E-state index in [-0.39, 0.29) is 17.4 Å². The summed E-state index contributed by atoms with van der Waals surface area (Å²) < 4.78 is 13.2. The first-order chi connectivity index (χ1) is 9.58. The van der Waals surface area contributed by atoms with E-state index in [2.05, 4.69) is 4.98 Å². The highest BCUT2D eigenvalue weighted by molar-refractivity contribution is 5.96. The Morgan fingerprint density at radius 3 is 2.85 bits per heavy atom. The Kier molecular flexibility index (Phi) is 3.16. The second-order valence-corrected chi connectivity index (χ2v) is 5.49. The van der Waals surface area contributed by atoms with Crippen molar-refractivity contribution in [1.82, 2.24) is 9.88 Å². The lowest BCUT2D eigenvalue weighted by Crippen LogP contribution is -2.43. The molecule has 1 N–H and O–H groups in total. The van der Waals surface area contributed by atoms with Gasteiger partial charge in [-0.1, -0.05) is 6.42 Å². The van der Waals surface area contributed by atoms with Crippen molar-refractivity contribution in [2.75, 3.05) is 6.54 Å². The minimum atomic E-state index is -0.975. The van der Waals surface area contributed by atoms with E-state index in [1.807, 2.05) is 0 Å². The van der Waals surface area contributed by atoms with Crippen molar-refractivity contribution < 1.29 is 19.1 Å². The van der Waals surface area contributed by atoms with Gasteiger partial charge in [-0.3, -0.25) is 9.78 Å². The minimum absolute atomic E-state index is 0.0259. The highest BCUT2D eigenvalue weighted by Crippen LogP contribution is 2.42. The zero-order valence-corrected chi connectivity index (χ0v) is 10.8. The summed E-state index contributed by atoms with van der Waals surface area (Å²) in [5.41, 5.74) is 0.108. The highest BCUT2D eigenvalue weighted by atomic mass is 19.1. The molecule has 2 heterocycles. The molecule has 1 saturated heterocycles. The molecule has 1 amide bonds. The fraction of sp³-hybridized carbons (Fsp3) is 0.500. The Hall–Kier alpha value is -1.98. The van der Waals surface area contributed by atoms with Gasteiger partial charge in [0.25, 0.3) is 5.91 Å². The molecular formula is C14H15FN2O3. The zero-order chi connectivity index (χ0) is 14.3. The summed E-state index contributed by atoms with van der Waals surface area (Å²) in [5, 5.41) is 9.40. The number of fused-ring (bicyclic) bond motifs is 1. The van der Waals surface area contributed by atoms with Crippen LogP contribution in [0.4, 0.5) is 4.39 Å². The van der Waals surface area contributed by atoms with Crippen molar-refractivity contribution in [3.63, 3.8) is 0 Å². The number of halogens is 1. The van der Waals surface area contributed by atoms with Gasteiger partial charge in [-0.15, -0.1) is 0 Å². The van der Waals surface area contributed by atoms with E-state index in [0.717, 1.165) is 31.5 Å². The minimum Gasteiger partial charge on any atom is -0.480 e. The van der Waals surface area contributed by atoms with Crippen LogP contribution in [-0.4, -0.2) is 39.5 Å². The number of amides is 1. The Bertz CT molecular complexity index is 563. The quantitative estimate of drug-likeness (QED) is 0.891. The molecule has 20 heavy (non-hydrogen) atoms. The second kappa shape index (κ2) is 4.85. The summed E-state index contributed by atoms with van der Waals surface area (Å²) in [6.45, 7) is 0.441. The van der Waals surface area contributed by atoms with Gasteiger partial charge < -0.3 is 10.0 Å². The highest BCUT2D eigenvalue weighted by Gasteiger charge is 2.49. The van der Waals surface area contributed by atoms with E-state index in [1.54, 1.807) is 0 Å². The number of rotatable bonds is 2. The lowest BCUT2D eigenvalue weighted by molar-refractivity contribution is -0.142. The molecule has 1 aliphatic carbocycles. The number of aliphatic carboxylic acids is 1. The van der Waals surface area contributed by atoms with Gasteiger partial charge in [-0.2, -0.15) is 0 Å². The second-order valence-electron chi connectivity index (χ2n) is 5.49. The summed E-state index contributed by atoms with van der Waals surface area (Å²) >= 11 is 0. The number of carboxylic acid groups (broad SMARTS) is 1. The molecular weight excluding hydrogens is 263 g/mol. The smallest absolute Gasteiger partial charge is 0.326 e. The molecule has 106 valence electrons. The molecule has 1 aliphatic heterocycles. The van der Waals surface area contributed by atoms with Gasteiger partial charge in [0.15, 0.2) is 0 Å². The van der Waals surface area contributed by atoms with E-state index in [9.17, 15) is 19.1 Å². The lowest BCUT2D eigenvalue weighted by atomic mass is 9.94. The number of carbonyl (C=O) groups is 2. The van der Waals surface area contributed by atoms with Gasteiger partial charge in [0.1, 0.15) is 11.9 Å². The maximum atomic E-state index is 13.2. The van der Waals surface area contributed by atoms with Crippen molar-refractivity contribution >= 4 is 11.9 Å². The van der Waals surface area contributed by atoms with Crippen molar-refractivity contribution in [3.05, 3.63) is 29.8 Å². The van der Waals surface area contributed by atoms with Crippen LogP contribution in [0.25, 0.3) is 0 Å². The first-order valence-electron chi connectivity index (χ1n) is 6.72. The standard InChI is InChI=1S/C14H15FN2O3/c15-10-4-9(5-16-6-10)13(18)17-7-8-2-1-3-11(8)12(17)14(19)20/h4-6,8,11-12H,1-3,7H2,(H,19,20). The maximum absolute atomic E-state index is 13.2. The number of hydrogen-bond donors (Lipinski definition) is 1. The monoisotopic (exact) mass is 278 g/mol. The van der Waals surface area contributed by atoms with Crippen molar-refractivity contribution in [2.45, 2.75) is 25.3 Å². The number of aromatic nitrogens is 1. The maximum Gasteiger partial charge on any atom is 0.326 e. The summed E-state index contributed by atoms with van der Waals surface area (Å²) in [5.74, 6) is -1.74. The van der Waals surface area contributed by atoms with Crippen molar-refractivity contribution in [2.24, 2.45) is 11.8 Å². The number of likely N-dealkylation sites (tertiary alicyclic amines) is 1. The molecule has 3 rings (SSSR count). The molecule has 0 aromatic carbocycles. The van der Waals surface area contributed by atoms with Crippen LogP contribution in [0.15, 0.2) is 18.5 Å². The summed E-state index contributed by atoms with van der Waals surface area (Å²) in [6.07, 6.45) is 5.11. The molecule has 0 radical (unpaired) electrons. The van der Waals surface area contributed by atoms with Gasteiger partial charge in [0.2, 0.25) is 0 Å². The fourth-order valence-corrected chi connectivity index (χ4v) is 3.53. The Labute approximate surface area is 115 Å². The van der Waals surface area contributed by atoms with Gasteiger partial charge in [-0.25, -0.2) is 9.18 Å². The molecule has 2 aliphatic rings. The average Bonchev–Trinajstić information content (AvgIpc) is 2.96. The summed E-state index contributed by atoms with van der Waals surface area (Å²) in [4.78, 5) is 28.9. The topological polar surface area (TPSA) is 70.5 Å². The van der Waals surface area contributed by atoms with Crippen LogP contribution < -0.4 is 0 Å². The largest absolute Gasteiger partial charge is 0.480 e. The third-order valence-electron chi connectivity index (χ3n) is 4.36. The van der Waals surface area contributed by atoms with Gasteiger partial charge in [0.05, 0.1) is 11.8 Å². The van der Waals surface area contributed by atoms with Crippen LogP contribution in [-0.2, 0) is 4.79 Å². The molecule has 3 unspecified atom stereocenters. The van der Waals surface area contributed by atoms with Crippen LogP contribution in [0, 0.1) is 17.7 Å². The van der Waals surface area contributed by atoms with Crippen LogP contribution in [0.3, 0.4) is 0 Å². The number of carboxylic acids is 1. The van der Waals surface area contributed by atoms with Crippen molar-refractivity contribution in [1.29, 1.82) is 0 Å². The van der Waals surface area contributed by atoms with E-state index >= 15 is 0 Å². The molecule has 6 heteroatoms. The van der Waals surface area contributed by atoms with Crippen LogP contribution in [0.5, 0.6) is 0 Å². The van der Waals surface area contributed by atoms with E-state index in [0.29, 0.717) is 6.54 Å². The predicted octanol–water partition coefficient (Wildman–Crippen LogP) is 1.55. The van der Waals surface area contributed by atoms with Gasteiger partial charge in [-0.05, 0) is 30.7 Å². The third kappa shape index (κ3) is 2.05. The molecule has 5 nitrogen and oxygen atoms in total. The Morgan fingerprint density at radius 1 is 1.35 bits per heavy atom. The molecule has 0 spiro atoms. The van der Waals surface area contributed by atoms with E-state index in [1.165, 1.54) is 11.1 Å². The number of carbonyl (C=O) groups excluding carboxylic acids is 1. The number of nitrogens with zero attached hydrogens (tertiary/aromatic N) is 2. The Balaban J connectivity index is 1.89. The van der Waals surface area contributed by atoms with E-state index in [4.69, 9.17) is 0 Å². The van der Waals surface area contributed by atoms with Gasteiger partial charge in [0, 0.05) is 12.7 Å². The van der Waals surface area contributed by atoms with Gasteiger partial charge >= 0.3 is 5.97 Å². The van der Waals surface area contributed by atoms with Crippen molar-refractivity contribution in [3.8, 4) is 0 Å². The average molecular weight is 278 g/mol. The normalized spacial score (nSPS) is 28.4. The van der Waals surface area contributed by atoms with Crippen LogP contribution >= 0.6 is 0 Å². The number of pyridine rings is 1. The first-order valence-corrected chi connectivity index (χ1v) is 6.72. The fourth-order valence-electron chi connectivity index (χ4n) is 3.53. The third-order valence-corrected chi connectivity index (χ3v) is 4.36. The van der Waals surface area contributed by atoms with E-state index < -0.39 is 23.7 Å². The molecule has 1 aromatic heterocycles. The molecule has 2 fully saturated rings. The molecule has 3 atom stereocenters. The lowest BCUT2D eigenvalue weighted by Gasteiger charge is -2.24. The zero-order valence-electron chi connectivity index (χ0n) is 10.8. The van der Waals surface area contributed by atoms with Crippen LogP contribution in [0.1, 0.15) is 29.6 Å². The first kappa shape index (κ1) is 13.0. The van der Waals surface area contributed by atoms with Crippen LogP contribution in [0.2, 0.25) is 0 Å². The summed E-state index contributed by atoms with van der Waals surface area (Å²) in [7, 11) is 0. The molecule has 1 aromatic rings. The molecule has 0 bridgehead atoms. The number of hydrogen-bond acceptors (Lipinski definition) is 3. The summed E-state index contributed by atoms with van der Waals surface area (Å²) in [6, 6.07) is 0.306. The molecule has 1 saturated carbocycles. The SMILES string of the molecule is O=C(O)C1C2CCCC2CN1C(=O)c1cncc(F)c1. The predicted molar refractivity (Wildman–Crippen MR) is 67.5 cm³/mol.